The quantitative estimate of drug-likeness (QED) is 0.880. The van der Waals surface area contributed by atoms with Crippen molar-refractivity contribution in [2.75, 3.05) is 4.72 Å². The van der Waals surface area contributed by atoms with Crippen LogP contribution in [0.15, 0.2) is 31.7 Å². The first kappa shape index (κ1) is 14.3. The summed E-state index contributed by atoms with van der Waals surface area (Å²) in [6.45, 7) is 3.36. The van der Waals surface area contributed by atoms with Gasteiger partial charge in [0.15, 0.2) is 4.21 Å². The van der Waals surface area contributed by atoms with E-state index in [1.165, 1.54) is 0 Å². The van der Waals surface area contributed by atoms with Gasteiger partial charge in [-0.2, -0.15) is 0 Å². The maximum absolute atomic E-state index is 12.2. The summed E-state index contributed by atoms with van der Waals surface area (Å²) < 4.78 is 27.8. The second kappa shape index (κ2) is 5.10. The van der Waals surface area contributed by atoms with Gasteiger partial charge in [-0.15, -0.1) is 0 Å². The average molecular weight is 363 g/mol. The zero-order chi connectivity index (χ0) is 14.2. The summed E-state index contributed by atoms with van der Waals surface area (Å²) in [6, 6.07) is 5.23. The van der Waals surface area contributed by atoms with Crippen molar-refractivity contribution >= 4 is 43.0 Å². The Labute approximate surface area is 122 Å². The molecule has 0 amide bonds. The number of anilines is 1. The van der Waals surface area contributed by atoms with Crippen LogP contribution in [0, 0.1) is 13.8 Å². The van der Waals surface area contributed by atoms with Crippen LogP contribution in [0.3, 0.4) is 0 Å². The lowest BCUT2D eigenvalue weighted by atomic mass is 10.2. The maximum atomic E-state index is 12.2. The van der Waals surface area contributed by atoms with Crippen LogP contribution in [0.2, 0.25) is 0 Å². The fourth-order valence-electron chi connectivity index (χ4n) is 1.56. The van der Waals surface area contributed by atoms with Crippen LogP contribution in [0.25, 0.3) is 0 Å². The molecule has 19 heavy (non-hydrogen) atoms. The fraction of sp³-hybridized carbons (Fsp3) is 0.182. The number of hydrogen-bond donors (Lipinski definition) is 2. The molecule has 8 heteroatoms. The standard InChI is InChI=1S/C11H11BrN2O3S2/c1-6-8(12)4-3-5-9(6)14-19(16,17)10-7(2)13-11(15)18-10/h3-5,14H,1-2H3,(H,13,15). The predicted molar refractivity (Wildman–Crippen MR) is 79.4 cm³/mol. The van der Waals surface area contributed by atoms with Crippen LogP contribution in [0.5, 0.6) is 0 Å². The van der Waals surface area contributed by atoms with E-state index in [9.17, 15) is 13.2 Å². The maximum Gasteiger partial charge on any atom is 0.306 e. The average Bonchev–Trinajstić information content (AvgIpc) is 2.65. The van der Waals surface area contributed by atoms with E-state index in [-0.39, 0.29) is 9.08 Å². The van der Waals surface area contributed by atoms with Crippen molar-refractivity contribution < 1.29 is 8.42 Å². The lowest BCUT2D eigenvalue weighted by molar-refractivity contribution is 0.602. The summed E-state index contributed by atoms with van der Waals surface area (Å²) in [5.74, 6) is 0. The predicted octanol–water partition coefficient (Wildman–Crippen LogP) is 2.62. The number of benzene rings is 1. The highest BCUT2D eigenvalue weighted by molar-refractivity contribution is 9.10. The van der Waals surface area contributed by atoms with Gasteiger partial charge < -0.3 is 4.98 Å². The monoisotopic (exact) mass is 362 g/mol. The van der Waals surface area contributed by atoms with Gasteiger partial charge in [-0.25, -0.2) is 8.42 Å². The highest BCUT2D eigenvalue weighted by Gasteiger charge is 2.21. The molecular formula is C11H11BrN2O3S2. The molecule has 0 atom stereocenters. The minimum atomic E-state index is -3.75. The summed E-state index contributed by atoms with van der Waals surface area (Å²) in [6.07, 6.45) is 0. The molecule has 5 nitrogen and oxygen atoms in total. The van der Waals surface area contributed by atoms with Crippen molar-refractivity contribution in [1.29, 1.82) is 0 Å². The third-order valence-corrected chi connectivity index (χ3v) is 6.37. The number of sulfonamides is 1. The van der Waals surface area contributed by atoms with Crippen LogP contribution in [0.4, 0.5) is 5.69 Å². The highest BCUT2D eigenvalue weighted by atomic mass is 79.9. The molecule has 1 aromatic heterocycles. The van der Waals surface area contributed by atoms with Gasteiger partial charge in [0.25, 0.3) is 10.0 Å². The van der Waals surface area contributed by atoms with Crippen molar-refractivity contribution in [3.8, 4) is 0 Å². The fourth-order valence-corrected chi connectivity index (χ4v) is 4.35. The summed E-state index contributed by atoms with van der Waals surface area (Å²) in [5.41, 5.74) is 1.61. The van der Waals surface area contributed by atoms with Crippen molar-refractivity contribution in [3.63, 3.8) is 0 Å². The number of rotatable bonds is 3. The van der Waals surface area contributed by atoms with E-state index < -0.39 is 10.0 Å². The van der Waals surface area contributed by atoms with Crippen LogP contribution < -0.4 is 9.60 Å². The highest BCUT2D eigenvalue weighted by Crippen LogP contribution is 2.27. The molecule has 0 aliphatic carbocycles. The number of aryl methyl sites for hydroxylation is 1. The van der Waals surface area contributed by atoms with Gasteiger partial charge in [0.2, 0.25) is 0 Å². The van der Waals surface area contributed by atoms with E-state index in [1.54, 1.807) is 26.0 Å². The molecule has 2 rings (SSSR count). The van der Waals surface area contributed by atoms with Crippen molar-refractivity contribution in [2.45, 2.75) is 18.1 Å². The minimum Gasteiger partial charge on any atom is -0.315 e. The minimum absolute atomic E-state index is 0.0110. The first-order valence-electron chi connectivity index (χ1n) is 5.29. The molecule has 2 N–H and O–H groups in total. The molecule has 102 valence electrons. The molecule has 0 bridgehead atoms. The largest absolute Gasteiger partial charge is 0.315 e. The summed E-state index contributed by atoms with van der Waals surface area (Å²) in [7, 11) is -3.75. The molecule has 0 aliphatic rings. The Hall–Kier alpha value is -1.12. The topological polar surface area (TPSA) is 79.0 Å². The molecular weight excluding hydrogens is 352 g/mol. The molecule has 0 saturated carbocycles. The van der Waals surface area contributed by atoms with Crippen molar-refractivity contribution in [3.05, 3.63) is 43.6 Å². The zero-order valence-corrected chi connectivity index (χ0v) is 13.4. The third kappa shape index (κ3) is 2.90. The van der Waals surface area contributed by atoms with Gasteiger partial charge in [-0.05, 0) is 31.5 Å². The van der Waals surface area contributed by atoms with Crippen LogP contribution in [-0.2, 0) is 10.0 Å². The second-order valence-corrected chi connectivity index (χ2v) is 7.66. The number of thiazole rings is 1. The van der Waals surface area contributed by atoms with Gasteiger partial charge in [0, 0.05) is 10.2 Å². The van der Waals surface area contributed by atoms with E-state index in [2.05, 4.69) is 25.6 Å². The Morgan fingerprint density at radius 1 is 1.32 bits per heavy atom. The molecule has 1 aromatic carbocycles. The van der Waals surface area contributed by atoms with Crippen molar-refractivity contribution in [1.82, 2.24) is 4.98 Å². The van der Waals surface area contributed by atoms with Crippen LogP contribution in [0.1, 0.15) is 11.3 Å². The SMILES string of the molecule is Cc1[nH]c(=O)sc1S(=O)(=O)Nc1cccc(Br)c1C. The molecule has 0 saturated heterocycles. The summed E-state index contributed by atoms with van der Waals surface area (Å²) in [5, 5.41) is 0. The Morgan fingerprint density at radius 3 is 2.58 bits per heavy atom. The number of hydrogen-bond acceptors (Lipinski definition) is 4. The Balaban J connectivity index is 2.45. The molecule has 2 aromatic rings. The van der Waals surface area contributed by atoms with E-state index in [1.807, 2.05) is 6.07 Å². The van der Waals surface area contributed by atoms with E-state index >= 15 is 0 Å². The lowest BCUT2D eigenvalue weighted by Gasteiger charge is -2.10. The van der Waals surface area contributed by atoms with E-state index in [0.29, 0.717) is 22.7 Å². The second-order valence-electron chi connectivity index (χ2n) is 3.94. The first-order chi connectivity index (χ1) is 8.81. The Bertz CT molecular complexity index is 777. The molecule has 1 heterocycles. The van der Waals surface area contributed by atoms with Crippen LogP contribution >= 0.6 is 27.3 Å². The number of aromatic nitrogens is 1. The van der Waals surface area contributed by atoms with Gasteiger partial charge in [0.1, 0.15) is 0 Å². The Kier molecular flexibility index (Phi) is 3.84. The molecule has 0 fully saturated rings. The Morgan fingerprint density at radius 2 is 2.00 bits per heavy atom. The van der Waals surface area contributed by atoms with Gasteiger partial charge in [-0.3, -0.25) is 9.52 Å². The number of H-pyrrole nitrogens is 1. The molecule has 0 radical (unpaired) electrons. The molecule has 0 aliphatic heterocycles. The van der Waals surface area contributed by atoms with Gasteiger partial charge in [-0.1, -0.05) is 33.3 Å². The molecule has 0 spiro atoms. The van der Waals surface area contributed by atoms with E-state index in [4.69, 9.17) is 0 Å². The first-order valence-corrected chi connectivity index (χ1v) is 8.38. The smallest absolute Gasteiger partial charge is 0.306 e. The summed E-state index contributed by atoms with van der Waals surface area (Å²) in [4.78, 5) is 13.3. The zero-order valence-electron chi connectivity index (χ0n) is 10.2. The number of aromatic amines is 1. The molecule has 0 unspecified atom stereocenters. The normalized spacial score (nSPS) is 11.5. The van der Waals surface area contributed by atoms with Gasteiger partial charge >= 0.3 is 4.87 Å². The van der Waals surface area contributed by atoms with Crippen molar-refractivity contribution in [2.24, 2.45) is 0 Å². The summed E-state index contributed by atoms with van der Waals surface area (Å²) >= 11 is 4.02. The van der Waals surface area contributed by atoms with Gasteiger partial charge in [0.05, 0.1) is 5.69 Å². The van der Waals surface area contributed by atoms with Crippen LogP contribution in [-0.4, -0.2) is 13.4 Å². The number of halogens is 1. The number of nitrogens with one attached hydrogen (secondary N) is 2. The van der Waals surface area contributed by atoms with E-state index in [0.717, 1.165) is 10.0 Å². The third-order valence-electron chi connectivity index (χ3n) is 2.54. The lowest BCUT2D eigenvalue weighted by Crippen LogP contribution is -2.13.